The number of aliphatic hydroxyl groups is 1. The van der Waals surface area contributed by atoms with Crippen LogP contribution >= 0.6 is 0 Å². The lowest BCUT2D eigenvalue weighted by molar-refractivity contribution is 0.232. The third kappa shape index (κ3) is 4.01. The van der Waals surface area contributed by atoms with Gasteiger partial charge < -0.3 is 5.11 Å². The fraction of sp³-hybridized carbons (Fsp3) is 0.556. The van der Waals surface area contributed by atoms with Crippen LogP contribution in [-0.4, -0.2) is 11.7 Å². The van der Waals surface area contributed by atoms with E-state index in [9.17, 15) is 0 Å². The van der Waals surface area contributed by atoms with E-state index in [1.807, 2.05) is 0 Å². The normalized spacial score (nSPS) is 10.9. The van der Waals surface area contributed by atoms with Crippen LogP contribution in [0.4, 0.5) is 0 Å². The van der Waals surface area contributed by atoms with E-state index in [2.05, 4.69) is 17.8 Å². The molecule has 0 saturated heterocycles. The second-order valence-electron chi connectivity index (χ2n) is 2.09. The Balaban J connectivity index is 3.58. The fourth-order valence-corrected chi connectivity index (χ4v) is 0.614. The number of rotatable bonds is 3. The van der Waals surface area contributed by atoms with Crippen molar-refractivity contribution in [2.75, 3.05) is 6.61 Å². The first-order chi connectivity index (χ1) is 4.85. The van der Waals surface area contributed by atoms with Crippen LogP contribution in [0.2, 0.25) is 0 Å². The lowest BCUT2D eigenvalue weighted by Gasteiger charge is -2.03. The highest BCUT2D eigenvalue weighted by atomic mass is 16.3. The minimum absolute atomic E-state index is 0.138. The molecule has 0 aromatic rings. The summed E-state index contributed by atoms with van der Waals surface area (Å²) in [5.74, 6) is 8.30. The van der Waals surface area contributed by atoms with Crippen molar-refractivity contribution >= 4 is 0 Å². The molecule has 54 valence electrons. The van der Waals surface area contributed by atoms with Gasteiger partial charge in [0.05, 0.1) is 0 Å². The third-order valence-corrected chi connectivity index (χ3v) is 1.23. The average molecular weight is 136 g/mol. The Kier molecular flexibility index (Phi) is 5.63. The van der Waals surface area contributed by atoms with Gasteiger partial charge in [0, 0.05) is 25.4 Å². The van der Waals surface area contributed by atoms with Gasteiger partial charge in [-0.05, 0) is 6.92 Å². The number of terminal acetylenes is 1. The van der Waals surface area contributed by atoms with Gasteiger partial charge >= 0.3 is 0 Å². The molecule has 0 fully saturated rings. The summed E-state index contributed by atoms with van der Waals surface area (Å²) in [5.41, 5.74) is 0. The average Bonchev–Trinajstić information content (AvgIpc) is 1.98. The van der Waals surface area contributed by atoms with E-state index in [0.717, 1.165) is 0 Å². The van der Waals surface area contributed by atoms with E-state index in [-0.39, 0.29) is 12.5 Å². The van der Waals surface area contributed by atoms with Crippen molar-refractivity contribution in [1.82, 2.24) is 0 Å². The van der Waals surface area contributed by atoms with Gasteiger partial charge in [0.2, 0.25) is 0 Å². The zero-order valence-corrected chi connectivity index (χ0v) is 6.22. The lowest BCUT2D eigenvalue weighted by Crippen LogP contribution is -2.03. The van der Waals surface area contributed by atoms with Crippen LogP contribution in [0.5, 0.6) is 0 Å². The first-order valence-electron chi connectivity index (χ1n) is 3.29. The minimum atomic E-state index is 0.138. The number of hydrogen-bond donors (Lipinski definition) is 1. The number of aliphatic hydroxyl groups excluding tert-OH is 1. The van der Waals surface area contributed by atoms with E-state index in [1.54, 1.807) is 6.92 Å². The highest BCUT2D eigenvalue weighted by molar-refractivity contribution is 4.98. The van der Waals surface area contributed by atoms with Gasteiger partial charge in [-0.15, -0.1) is 24.2 Å². The van der Waals surface area contributed by atoms with Gasteiger partial charge in [0.25, 0.3) is 0 Å². The van der Waals surface area contributed by atoms with Crippen LogP contribution in [0.3, 0.4) is 0 Å². The van der Waals surface area contributed by atoms with Gasteiger partial charge in [-0.25, -0.2) is 0 Å². The van der Waals surface area contributed by atoms with E-state index < -0.39 is 0 Å². The van der Waals surface area contributed by atoms with Crippen LogP contribution in [0.15, 0.2) is 0 Å². The molecular weight excluding hydrogens is 124 g/mol. The van der Waals surface area contributed by atoms with Crippen molar-refractivity contribution < 1.29 is 5.11 Å². The zero-order chi connectivity index (χ0) is 7.82. The second-order valence-corrected chi connectivity index (χ2v) is 2.09. The zero-order valence-electron chi connectivity index (χ0n) is 6.22. The van der Waals surface area contributed by atoms with Crippen molar-refractivity contribution in [3.63, 3.8) is 0 Å². The Morgan fingerprint density at radius 2 is 2.20 bits per heavy atom. The molecule has 0 spiro atoms. The maximum atomic E-state index is 8.72. The molecule has 0 radical (unpaired) electrons. The molecule has 1 N–H and O–H groups in total. The summed E-state index contributed by atoms with van der Waals surface area (Å²) in [6.07, 6.45) is 6.39. The van der Waals surface area contributed by atoms with Crippen molar-refractivity contribution in [2.24, 2.45) is 5.92 Å². The molecule has 0 aliphatic carbocycles. The predicted octanol–water partition coefficient (Wildman–Crippen LogP) is 1.03. The van der Waals surface area contributed by atoms with E-state index in [0.29, 0.717) is 12.8 Å². The molecule has 0 amide bonds. The van der Waals surface area contributed by atoms with Crippen LogP contribution in [0, 0.1) is 30.1 Å². The Morgan fingerprint density at radius 3 is 2.60 bits per heavy atom. The number of hydrogen-bond acceptors (Lipinski definition) is 1. The lowest BCUT2D eigenvalue weighted by atomic mass is 10.0. The quantitative estimate of drug-likeness (QED) is 0.574. The minimum Gasteiger partial charge on any atom is -0.396 e. The summed E-state index contributed by atoms with van der Waals surface area (Å²) in [5, 5.41) is 8.72. The molecule has 1 unspecified atom stereocenters. The molecule has 1 heteroatoms. The Labute approximate surface area is 62.5 Å². The summed E-state index contributed by atoms with van der Waals surface area (Å²) in [7, 11) is 0. The van der Waals surface area contributed by atoms with Crippen LogP contribution in [0.25, 0.3) is 0 Å². The summed E-state index contributed by atoms with van der Waals surface area (Å²) < 4.78 is 0. The van der Waals surface area contributed by atoms with Crippen LogP contribution in [-0.2, 0) is 0 Å². The summed E-state index contributed by atoms with van der Waals surface area (Å²) in [6, 6.07) is 0. The van der Waals surface area contributed by atoms with Gasteiger partial charge in [0.15, 0.2) is 0 Å². The highest BCUT2D eigenvalue weighted by Crippen LogP contribution is 2.04. The van der Waals surface area contributed by atoms with Gasteiger partial charge in [-0.1, -0.05) is 0 Å². The Hall–Kier alpha value is -0.920. The van der Waals surface area contributed by atoms with Gasteiger partial charge in [-0.2, -0.15) is 0 Å². The van der Waals surface area contributed by atoms with E-state index >= 15 is 0 Å². The van der Waals surface area contributed by atoms with Crippen molar-refractivity contribution in [3.8, 4) is 24.2 Å². The maximum absolute atomic E-state index is 8.72. The van der Waals surface area contributed by atoms with Crippen molar-refractivity contribution in [1.29, 1.82) is 0 Å². The Bertz CT molecular complexity index is 165. The Morgan fingerprint density at radius 1 is 1.50 bits per heavy atom. The molecule has 10 heavy (non-hydrogen) atoms. The summed E-state index contributed by atoms with van der Waals surface area (Å²) >= 11 is 0. The largest absolute Gasteiger partial charge is 0.396 e. The van der Waals surface area contributed by atoms with Crippen molar-refractivity contribution in [2.45, 2.75) is 19.8 Å². The molecule has 1 nitrogen and oxygen atoms in total. The predicted molar refractivity (Wildman–Crippen MR) is 42.1 cm³/mol. The maximum Gasteiger partial charge on any atom is 0.0477 e. The van der Waals surface area contributed by atoms with Crippen molar-refractivity contribution in [3.05, 3.63) is 0 Å². The van der Waals surface area contributed by atoms with Crippen LogP contribution in [0.1, 0.15) is 19.8 Å². The van der Waals surface area contributed by atoms with Gasteiger partial charge in [-0.3, -0.25) is 0 Å². The molecule has 0 aromatic carbocycles. The standard InChI is InChI=1S/C9H12O/c1-3-5-7-9(8-10)6-4-2/h2,9-10H,6-8H2,1H3. The van der Waals surface area contributed by atoms with E-state index in [4.69, 9.17) is 11.5 Å². The topological polar surface area (TPSA) is 20.2 Å². The molecule has 0 aliphatic rings. The highest BCUT2D eigenvalue weighted by Gasteiger charge is 2.01. The molecule has 0 bridgehead atoms. The van der Waals surface area contributed by atoms with Crippen LogP contribution < -0.4 is 0 Å². The van der Waals surface area contributed by atoms with Gasteiger partial charge in [0.1, 0.15) is 0 Å². The first kappa shape index (κ1) is 9.08. The molecule has 1 atom stereocenters. The molecule has 0 rings (SSSR count). The molecule has 0 saturated carbocycles. The summed E-state index contributed by atoms with van der Waals surface area (Å²) in [4.78, 5) is 0. The molecule has 0 aliphatic heterocycles. The monoisotopic (exact) mass is 136 g/mol. The second kappa shape index (κ2) is 6.20. The molecule has 0 aromatic heterocycles. The third-order valence-electron chi connectivity index (χ3n) is 1.23. The van der Waals surface area contributed by atoms with E-state index in [1.165, 1.54) is 0 Å². The SMILES string of the molecule is C#CCC(CO)CC#CC. The summed E-state index contributed by atoms with van der Waals surface area (Å²) in [6.45, 7) is 1.92. The fourth-order valence-electron chi connectivity index (χ4n) is 0.614. The molecular formula is C9H12O. The smallest absolute Gasteiger partial charge is 0.0477 e. The first-order valence-corrected chi connectivity index (χ1v) is 3.29. The molecule has 0 heterocycles.